The van der Waals surface area contributed by atoms with E-state index in [1.54, 1.807) is 6.07 Å². The highest BCUT2D eigenvalue weighted by Crippen LogP contribution is 2.31. The third-order valence-corrected chi connectivity index (χ3v) is 3.91. The third kappa shape index (κ3) is 2.42. The topological polar surface area (TPSA) is 38.9 Å². The van der Waals surface area contributed by atoms with E-state index in [0.717, 1.165) is 16.8 Å². The monoisotopic (exact) mass is 284 g/mol. The second-order valence-electron chi connectivity index (χ2n) is 4.65. The SMILES string of the molecule is Cc1ccc(F)c(-c2nc(-c3cccc(N)c3)cs2)c1. The first kappa shape index (κ1) is 12.8. The fourth-order valence-corrected chi connectivity index (χ4v) is 2.88. The number of aromatic nitrogens is 1. The molecule has 0 radical (unpaired) electrons. The molecule has 4 heteroatoms. The molecule has 0 saturated heterocycles. The standard InChI is InChI=1S/C16H13FN2S/c1-10-5-6-14(17)13(7-10)16-19-15(9-20-16)11-3-2-4-12(18)8-11/h2-9H,18H2,1H3. The van der Waals surface area contributed by atoms with Crippen molar-refractivity contribution in [2.24, 2.45) is 0 Å². The molecule has 3 rings (SSSR count). The molecule has 2 N–H and O–H groups in total. The number of hydrogen-bond donors (Lipinski definition) is 1. The van der Waals surface area contributed by atoms with E-state index in [2.05, 4.69) is 4.98 Å². The molecule has 1 aromatic heterocycles. The van der Waals surface area contributed by atoms with Crippen molar-refractivity contribution in [2.45, 2.75) is 6.92 Å². The fourth-order valence-electron chi connectivity index (χ4n) is 2.03. The van der Waals surface area contributed by atoms with E-state index in [1.165, 1.54) is 17.4 Å². The first-order valence-electron chi connectivity index (χ1n) is 6.21. The van der Waals surface area contributed by atoms with Gasteiger partial charge in [0.05, 0.1) is 5.69 Å². The molecule has 0 spiro atoms. The summed E-state index contributed by atoms with van der Waals surface area (Å²) in [6.45, 7) is 1.94. The molecule has 2 nitrogen and oxygen atoms in total. The predicted molar refractivity (Wildman–Crippen MR) is 82.1 cm³/mol. The molecule has 0 unspecified atom stereocenters. The van der Waals surface area contributed by atoms with Gasteiger partial charge in [-0.2, -0.15) is 0 Å². The van der Waals surface area contributed by atoms with Gasteiger partial charge in [-0.1, -0.05) is 23.8 Å². The molecule has 0 aliphatic rings. The lowest BCUT2D eigenvalue weighted by molar-refractivity contribution is 0.631. The summed E-state index contributed by atoms with van der Waals surface area (Å²) in [5, 5.41) is 2.61. The number of hydrogen-bond acceptors (Lipinski definition) is 3. The molecule has 0 fully saturated rings. The van der Waals surface area contributed by atoms with Crippen molar-refractivity contribution in [1.29, 1.82) is 0 Å². The highest BCUT2D eigenvalue weighted by molar-refractivity contribution is 7.13. The van der Waals surface area contributed by atoms with Crippen LogP contribution in [0.5, 0.6) is 0 Å². The minimum atomic E-state index is -0.246. The number of nitrogens with zero attached hydrogens (tertiary/aromatic N) is 1. The lowest BCUT2D eigenvalue weighted by Crippen LogP contribution is -1.87. The molecule has 0 aliphatic carbocycles. The van der Waals surface area contributed by atoms with E-state index in [9.17, 15) is 4.39 Å². The lowest BCUT2D eigenvalue weighted by Gasteiger charge is -2.01. The molecule has 0 aliphatic heterocycles. The first-order chi connectivity index (χ1) is 9.63. The highest BCUT2D eigenvalue weighted by Gasteiger charge is 2.11. The van der Waals surface area contributed by atoms with Crippen molar-refractivity contribution in [1.82, 2.24) is 4.98 Å². The van der Waals surface area contributed by atoms with Gasteiger partial charge < -0.3 is 5.73 Å². The minimum Gasteiger partial charge on any atom is -0.399 e. The molecule has 20 heavy (non-hydrogen) atoms. The first-order valence-corrected chi connectivity index (χ1v) is 7.09. The van der Waals surface area contributed by atoms with E-state index in [0.29, 0.717) is 16.3 Å². The van der Waals surface area contributed by atoms with Gasteiger partial charge in [0, 0.05) is 22.2 Å². The van der Waals surface area contributed by atoms with Crippen LogP contribution in [0.15, 0.2) is 47.8 Å². The van der Waals surface area contributed by atoms with Gasteiger partial charge in [-0.25, -0.2) is 9.37 Å². The molecule has 100 valence electrons. The van der Waals surface area contributed by atoms with Crippen molar-refractivity contribution in [2.75, 3.05) is 5.73 Å². The number of rotatable bonds is 2. The third-order valence-electron chi connectivity index (χ3n) is 3.04. The summed E-state index contributed by atoms with van der Waals surface area (Å²) in [5.74, 6) is -0.246. The highest BCUT2D eigenvalue weighted by atomic mass is 32.1. The molecule has 1 heterocycles. The number of nitrogens with two attached hydrogens (primary N) is 1. The van der Waals surface area contributed by atoms with E-state index >= 15 is 0 Å². The average molecular weight is 284 g/mol. The van der Waals surface area contributed by atoms with Crippen LogP contribution in [0, 0.1) is 12.7 Å². The Morgan fingerprint density at radius 3 is 2.80 bits per heavy atom. The summed E-state index contributed by atoms with van der Waals surface area (Å²) < 4.78 is 13.9. The number of halogens is 1. The lowest BCUT2D eigenvalue weighted by atomic mass is 10.1. The van der Waals surface area contributed by atoms with Crippen LogP contribution in [0.3, 0.4) is 0 Å². The molecule has 0 atom stereocenters. The van der Waals surface area contributed by atoms with Crippen molar-refractivity contribution < 1.29 is 4.39 Å². The van der Waals surface area contributed by atoms with Crippen LogP contribution >= 0.6 is 11.3 Å². The van der Waals surface area contributed by atoms with Crippen LogP contribution < -0.4 is 5.73 Å². The van der Waals surface area contributed by atoms with Gasteiger partial charge in [-0.15, -0.1) is 11.3 Å². The zero-order valence-corrected chi connectivity index (χ0v) is 11.7. The zero-order valence-electron chi connectivity index (χ0n) is 10.9. The maximum atomic E-state index is 13.9. The van der Waals surface area contributed by atoms with Crippen LogP contribution in [0.4, 0.5) is 10.1 Å². The van der Waals surface area contributed by atoms with Crippen molar-refractivity contribution >= 4 is 17.0 Å². The van der Waals surface area contributed by atoms with E-state index in [-0.39, 0.29) is 5.82 Å². The molecule has 3 aromatic rings. The van der Waals surface area contributed by atoms with Gasteiger partial charge in [0.1, 0.15) is 10.8 Å². The smallest absolute Gasteiger partial charge is 0.133 e. The zero-order chi connectivity index (χ0) is 14.1. The van der Waals surface area contributed by atoms with Crippen LogP contribution in [-0.4, -0.2) is 4.98 Å². The molecular formula is C16H13FN2S. The van der Waals surface area contributed by atoms with Crippen LogP contribution in [0.1, 0.15) is 5.56 Å². The summed E-state index contributed by atoms with van der Waals surface area (Å²) >= 11 is 1.43. The van der Waals surface area contributed by atoms with E-state index < -0.39 is 0 Å². The summed E-state index contributed by atoms with van der Waals surface area (Å²) in [4.78, 5) is 4.52. The Labute approximate surface area is 120 Å². The summed E-state index contributed by atoms with van der Waals surface area (Å²) in [5.41, 5.74) is 9.79. The second kappa shape index (κ2) is 5.06. The van der Waals surface area contributed by atoms with Crippen LogP contribution in [0.25, 0.3) is 21.8 Å². The Balaban J connectivity index is 2.04. The largest absolute Gasteiger partial charge is 0.399 e. The van der Waals surface area contributed by atoms with Gasteiger partial charge in [0.15, 0.2) is 0 Å². The normalized spacial score (nSPS) is 10.7. The Morgan fingerprint density at radius 1 is 1.15 bits per heavy atom. The van der Waals surface area contributed by atoms with Gasteiger partial charge in [-0.3, -0.25) is 0 Å². The van der Waals surface area contributed by atoms with Crippen molar-refractivity contribution in [3.8, 4) is 21.8 Å². The van der Waals surface area contributed by atoms with Gasteiger partial charge in [0.25, 0.3) is 0 Å². The summed E-state index contributed by atoms with van der Waals surface area (Å²) in [7, 11) is 0. The fraction of sp³-hybridized carbons (Fsp3) is 0.0625. The van der Waals surface area contributed by atoms with Crippen molar-refractivity contribution in [3.63, 3.8) is 0 Å². The average Bonchev–Trinajstić information content (AvgIpc) is 2.91. The number of aryl methyl sites for hydroxylation is 1. The van der Waals surface area contributed by atoms with Crippen molar-refractivity contribution in [3.05, 3.63) is 59.2 Å². The van der Waals surface area contributed by atoms with Crippen LogP contribution in [0.2, 0.25) is 0 Å². The molecular weight excluding hydrogens is 271 g/mol. The molecule has 0 amide bonds. The Morgan fingerprint density at radius 2 is 2.00 bits per heavy atom. The predicted octanol–water partition coefficient (Wildman–Crippen LogP) is 4.51. The van der Waals surface area contributed by atoms with Gasteiger partial charge in [-0.05, 0) is 31.2 Å². The molecule has 0 bridgehead atoms. The van der Waals surface area contributed by atoms with Gasteiger partial charge >= 0.3 is 0 Å². The number of benzene rings is 2. The molecule has 0 saturated carbocycles. The number of thiazole rings is 1. The minimum absolute atomic E-state index is 0.246. The Hall–Kier alpha value is -2.20. The maximum Gasteiger partial charge on any atom is 0.133 e. The molecule has 2 aromatic carbocycles. The quantitative estimate of drug-likeness (QED) is 0.703. The van der Waals surface area contributed by atoms with E-state index in [4.69, 9.17) is 5.73 Å². The van der Waals surface area contributed by atoms with Gasteiger partial charge in [0.2, 0.25) is 0 Å². The van der Waals surface area contributed by atoms with Crippen LogP contribution in [-0.2, 0) is 0 Å². The number of anilines is 1. The Bertz CT molecular complexity index is 765. The summed E-state index contributed by atoms with van der Waals surface area (Å²) in [6, 6.07) is 12.6. The summed E-state index contributed by atoms with van der Waals surface area (Å²) in [6.07, 6.45) is 0. The Kier molecular flexibility index (Phi) is 3.24. The van der Waals surface area contributed by atoms with E-state index in [1.807, 2.05) is 42.6 Å². The maximum absolute atomic E-state index is 13.9. The second-order valence-corrected chi connectivity index (χ2v) is 5.50. The number of nitrogen functional groups attached to an aromatic ring is 1.